The summed E-state index contributed by atoms with van der Waals surface area (Å²) in [5, 5.41) is 0.609. The van der Waals surface area contributed by atoms with Crippen molar-refractivity contribution in [2.45, 2.75) is 76.8 Å². The van der Waals surface area contributed by atoms with Gasteiger partial charge in [-0.15, -0.1) is 0 Å². The Morgan fingerprint density at radius 2 is 1.59 bits per heavy atom. The van der Waals surface area contributed by atoms with Gasteiger partial charge in [0.2, 0.25) is 10.0 Å². The van der Waals surface area contributed by atoms with Gasteiger partial charge in [-0.2, -0.15) is 0 Å². The summed E-state index contributed by atoms with van der Waals surface area (Å²) in [4.78, 5) is 33.7. The molecule has 9 nitrogen and oxygen atoms in total. The average Bonchev–Trinajstić information content (AvgIpc) is 2.85. The van der Waals surface area contributed by atoms with Crippen molar-refractivity contribution in [3.05, 3.63) is 89.4 Å². The lowest BCUT2D eigenvalue weighted by molar-refractivity contribution is -0.142. The standard InChI is InChI=1S/C30H36FN3O6S/c1-20(35)40-34(28(36)39-30(5,6)7)27-14-10-12-24(32-27)25(19-21-15-17-22(18-16-21)29(2,3)4)33-41(37,38)26-13-9-8-11-23(26)31/h8-18,25,33H,19H2,1-7H3. The molecule has 1 amide bonds. The number of hydrogen-bond donors (Lipinski definition) is 1. The summed E-state index contributed by atoms with van der Waals surface area (Å²) < 4.78 is 49.0. The van der Waals surface area contributed by atoms with Gasteiger partial charge in [-0.25, -0.2) is 32.1 Å². The van der Waals surface area contributed by atoms with Crippen LogP contribution in [0.4, 0.5) is 15.0 Å². The van der Waals surface area contributed by atoms with Crippen LogP contribution in [0.2, 0.25) is 0 Å². The first-order valence-corrected chi connectivity index (χ1v) is 14.5. The quantitative estimate of drug-likeness (QED) is 0.338. The number of amides is 1. The minimum Gasteiger partial charge on any atom is -0.441 e. The van der Waals surface area contributed by atoms with E-state index in [2.05, 4.69) is 30.5 Å². The molecule has 0 aliphatic rings. The fourth-order valence-electron chi connectivity index (χ4n) is 3.85. The van der Waals surface area contributed by atoms with Crippen LogP contribution in [0.5, 0.6) is 0 Å². The highest BCUT2D eigenvalue weighted by Crippen LogP contribution is 2.27. The van der Waals surface area contributed by atoms with Crippen molar-refractivity contribution in [3.8, 4) is 0 Å². The van der Waals surface area contributed by atoms with Crippen molar-refractivity contribution in [1.29, 1.82) is 0 Å². The Bertz CT molecular complexity index is 1500. The number of anilines is 1. The zero-order valence-corrected chi connectivity index (χ0v) is 25.1. The summed E-state index contributed by atoms with van der Waals surface area (Å²) in [7, 11) is -4.34. The van der Waals surface area contributed by atoms with E-state index in [0.717, 1.165) is 24.1 Å². The molecule has 11 heteroatoms. The third-order valence-electron chi connectivity index (χ3n) is 5.78. The Kier molecular flexibility index (Phi) is 9.55. The molecular weight excluding hydrogens is 549 g/mol. The second-order valence-electron chi connectivity index (χ2n) is 11.5. The number of hydroxylamine groups is 1. The number of carbonyl (C=O) groups excluding carboxylic acids is 2. The van der Waals surface area contributed by atoms with E-state index < -0.39 is 44.4 Å². The third-order valence-corrected chi connectivity index (χ3v) is 7.29. The lowest BCUT2D eigenvalue weighted by Gasteiger charge is -2.26. The maximum Gasteiger partial charge on any atom is 0.450 e. The number of aromatic nitrogens is 1. The molecule has 41 heavy (non-hydrogen) atoms. The number of halogens is 1. The van der Waals surface area contributed by atoms with Crippen molar-refractivity contribution in [3.63, 3.8) is 0 Å². The predicted octanol–water partition coefficient (Wildman–Crippen LogP) is 6.00. The van der Waals surface area contributed by atoms with Crippen LogP contribution in [0.25, 0.3) is 0 Å². The predicted molar refractivity (Wildman–Crippen MR) is 153 cm³/mol. The number of hydrogen-bond acceptors (Lipinski definition) is 7. The molecule has 0 fully saturated rings. The van der Waals surface area contributed by atoms with E-state index >= 15 is 0 Å². The van der Waals surface area contributed by atoms with Gasteiger partial charge in [0.25, 0.3) is 0 Å². The van der Waals surface area contributed by atoms with Gasteiger partial charge in [-0.3, -0.25) is 0 Å². The first-order chi connectivity index (χ1) is 19.0. The molecule has 0 spiro atoms. The van der Waals surface area contributed by atoms with Crippen LogP contribution < -0.4 is 9.79 Å². The Morgan fingerprint density at radius 1 is 0.951 bits per heavy atom. The highest BCUT2D eigenvalue weighted by atomic mass is 32.2. The molecular formula is C30H36FN3O6S. The van der Waals surface area contributed by atoms with Gasteiger partial charge in [0, 0.05) is 6.92 Å². The molecule has 0 aliphatic carbocycles. The first-order valence-electron chi connectivity index (χ1n) is 13.0. The van der Waals surface area contributed by atoms with Crippen LogP contribution in [0.1, 0.15) is 71.3 Å². The SMILES string of the molecule is CC(=O)ON(C(=O)OC(C)(C)C)c1cccc(C(Cc2ccc(C(C)(C)C)cc2)NS(=O)(=O)c2ccccc2F)n1. The molecule has 1 heterocycles. The van der Waals surface area contributed by atoms with E-state index in [0.29, 0.717) is 5.06 Å². The van der Waals surface area contributed by atoms with E-state index in [-0.39, 0.29) is 23.3 Å². The van der Waals surface area contributed by atoms with Crippen LogP contribution in [0.3, 0.4) is 0 Å². The molecule has 1 aromatic heterocycles. The summed E-state index contributed by atoms with van der Waals surface area (Å²) in [6.45, 7) is 12.3. The van der Waals surface area contributed by atoms with E-state index in [1.165, 1.54) is 30.3 Å². The lowest BCUT2D eigenvalue weighted by Crippen LogP contribution is -2.39. The second-order valence-corrected chi connectivity index (χ2v) is 13.2. The van der Waals surface area contributed by atoms with Crippen LogP contribution in [0.15, 0.2) is 71.6 Å². The zero-order chi connectivity index (χ0) is 30.6. The molecule has 3 rings (SSSR count). The highest BCUT2D eigenvalue weighted by Gasteiger charge is 2.30. The molecule has 0 bridgehead atoms. The molecule has 0 aliphatic heterocycles. The number of ether oxygens (including phenoxy) is 1. The topological polar surface area (TPSA) is 115 Å². The Morgan fingerprint density at radius 3 is 2.15 bits per heavy atom. The van der Waals surface area contributed by atoms with Crippen molar-refractivity contribution in [2.75, 3.05) is 5.06 Å². The number of sulfonamides is 1. The molecule has 1 unspecified atom stereocenters. The van der Waals surface area contributed by atoms with Crippen molar-refractivity contribution < 1.29 is 32.0 Å². The van der Waals surface area contributed by atoms with E-state index in [9.17, 15) is 22.4 Å². The fraction of sp³-hybridized carbons (Fsp3) is 0.367. The highest BCUT2D eigenvalue weighted by molar-refractivity contribution is 7.89. The molecule has 0 saturated carbocycles. The summed E-state index contributed by atoms with van der Waals surface area (Å²) in [6.07, 6.45) is -0.840. The van der Waals surface area contributed by atoms with Gasteiger partial charge < -0.3 is 9.57 Å². The number of rotatable bonds is 7. The number of nitrogens with zero attached hydrogens (tertiary/aromatic N) is 2. The van der Waals surface area contributed by atoms with Gasteiger partial charge >= 0.3 is 12.1 Å². The number of carbonyl (C=O) groups is 2. The lowest BCUT2D eigenvalue weighted by atomic mass is 9.86. The summed E-state index contributed by atoms with van der Waals surface area (Å²) in [5.41, 5.74) is 1.10. The minimum atomic E-state index is -4.34. The Labute approximate surface area is 240 Å². The second kappa shape index (κ2) is 12.4. The van der Waals surface area contributed by atoms with Crippen molar-refractivity contribution in [2.24, 2.45) is 0 Å². The molecule has 220 valence electrons. The molecule has 1 N–H and O–H groups in total. The van der Waals surface area contributed by atoms with E-state index in [1.54, 1.807) is 26.8 Å². The van der Waals surface area contributed by atoms with Crippen LogP contribution in [-0.4, -0.2) is 31.1 Å². The smallest absolute Gasteiger partial charge is 0.441 e. The van der Waals surface area contributed by atoms with E-state index in [1.807, 2.05) is 24.3 Å². The largest absolute Gasteiger partial charge is 0.450 e. The minimum absolute atomic E-state index is 0.0813. The summed E-state index contributed by atoms with van der Waals surface area (Å²) >= 11 is 0. The molecule has 3 aromatic rings. The number of nitrogens with one attached hydrogen (secondary N) is 1. The van der Waals surface area contributed by atoms with Gasteiger partial charge in [0.05, 0.1) is 11.7 Å². The number of pyridine rings is 1. The molecule has 2 aromatic carbocycles. The third kappa shape index (κ3) is 8.83. The maximum atomic E-state index is 14.5. The monoisotopic (exact) mass is 585 g/mol. The molecule has 1 atom stereocenters. The van der Waals surface area contributed by atoms with Crippen LogP contribution in [0, 0.1) is 5.82 Å². The molecule has 0 saturated heterocycles. The summed E-state index contributed by atoms with van der Waals surface area (Å²) in [5.74, 6) is -1.80. The Balaban J connectivity index is 2.06. The zero-order valence-electron chi connectivity index (χ0n) is 24.3. The van der Waals surface area contributed by atoms with Gasteiger partial charge in [-0.05, 0) is 68.0 Å². The fourth-order valence-corrected chi connectivity index (χ4v) is 5.14. The average molecular weight is 586 g/mol. The Hall–Kier alpha value is -3.83. The number of benzene rings is 2. The molecule has 0 radical (unpaired) electrons. The van der Waals surface area contributed by atoms with Crippen LogP contribution in [-0.2, 0) is 36.2 Å². The normalized spacial score (nSPS) is 12.9. The van der Waals surface area contributed by atoms with Crippen molar-refractivity contribution >= 4 is 27.9 Å². The van der Waals surface area contributed by atoms with Crippen molar-refractivity contribution in [1.82, 2.24) is 9.71 Å². The van der Waals surface area contributed by atoms with Gasteiger partial charge in [0.15, 0.2) is 5.82 Å². The van der Waals surface area contributed by atoms with Gasteiger partial charge in [-0.1, -0.05) is 68.3 Å². The van der Waals surface area contributed by atoms with Crippen LogP contribution >= 0.6 is 0 Å². The maximum absolute atomic E-state index is 14.5. The first kappa shape index (κ1) is 31.7. The van der Waals surface area contributed by atoms with E-state index in [4.69, 9.17) is 9.57 Å². The van der Waals surface area contributed by atoms with Gasteiger partial charge in [0.1, 0.15) is 16.3 Å². The summed E-state index contributed by atoms with van der Waals surface area (Å²) in [6, 6.07) is 16.3.